The zero-order chi connectivity index (χ0) is 15.6. The van der Waals surface area contributed by atoms with Crippen LogP contribution in [0.2, 0.25) is 0 Å². The van der Waals surface area contributed by atoms with E-state index in [1.54, 1.807) is 0 Å². The number of halogens is 3. The highest BCUT2D eigenvalue weighted by Crippen LogP contribution is 2.28. The van der Waals surface area contributed by atoms with E-state index >= 15 is 0 Å². The minimum Gasteiger partial charge on any atom is -0.271 e. The van der Waals surface area contributed by atoms with Gasteiger partial charge >= 0.3 is 0 Å². The van der Waals surface area contributed by atoms with E-state index in [9.17, 15) is 8.78 Å². The van der Waals surface area contributed by atoms with Crippen LogP contribution in [0, 0.1) is 25.5 Å². The number of aryl methyl sites for hydroxylation is 2. The summed E-state index contributed by atoms with van der Waals surface area (Å²) in [5.41, 5.74) is 5.72. The summed E-state index contributed by atoms with van der Waals surface area (Å²) in [7, 11) is 0. The predicted molar refractivity (Wildman–Crippen MR) is 83.7 cm³/mol. The second-order valence-electron chi connectivity index (χ2n) is 5.11. The van der Waals surface area contributed by atoms with E-state index in [4.69, 9.17) is 5.84 Å². The molecule has 2 aromatic carbocycles. The van der Waals surface area contributed by atoms with Gasteiger partial charge in [0.25, 0.3) is 0 Å². The number of rotatable bonds is 4. The predicted octanol–water partition coefficient (Wildman–Crippen LogP) is 4.09. The van der Waals surface area contributed by atoms with Crippen LogP contribution in [0.4, 0.5) is 8.78 Å². The van der Waals surface area contributed by atoms with Crippen LogP contribution >= 0.6 is 15.9 Å². The first kappa shape index (κ1) is 16.1. The molecule has 0 aliphatic heterocycles. The normalized spacial score (nSPS) is 12.5. The van der Waals surface area contributed by atoms with E-state index in [1.807, 2.05) is 32.0 Å². The van der Waals surface area contributed by atoms with Crippen molar-refractivity contribution in [2.24, 2.45) is 5.84 Å². The summed E-state index contributed by atoms with van der Waals surface area (Å²) in [6.45, 7) is 3.92. The molecule has 1 atom stereocenters. The Kier molecular flexibility index (Phi) is 5.08. The van der Waals surface area contributed by atoms with E-state index in [2.05, 4.69) is 21.4 Å². The van der Waals surface area contributed by atoms with Gasteiger partial charge in [0.05, 0.1) is 10.5 Å². The molecule has 5 heteroatoms. The molecule has 1 unspecified atom stereocenters. The first-order chi connectivity index (χ1) is 9.93. The number of hydrazine groups is 1. The Morgan fingerprint density at radius 2 is 1.90 bits per heavy atom. The Balaban J connectivity index is 2.40. The molecule has 3 N–H and O–H groups in total. The maximum Gasteiger partial charge on any atom is 0.143 e. The lowest BCUT2D eigenvalue weighted by Gasteiger charge is -2.20. The molecule has 2 aromatic rings. The molecule has 112 valence electrons. The Labute approximate surface area is 131 Å². The lowest BCUT2D eigenvalue weighted by molar-refractivity contribution is 0.496. The average Bonchev–Trinajstić information content (AvgIpc) is 2.46. The van der Waals surface area contributed by atoms with Gasteiger partial charge in [-0.25, -0.2) is 8.78 Å². The van der Waals surface area contributed by atoms with Crippen molar-refractivity contribution in [2.75, 3.05) is 0 Å². The molecule has 0 aromatic heterocycles. The van der Waals surface area contributed by atoms with Crippen molar-refractivity contribution < 1.29 is 8.78 Å². The molecule has 0 saturated heterocycles. The van der Waals surface area contributed by atoms with Crippen molar-refractivity contribution in [3.8, 4) is 0 Å². The lowest BCUT2D eigenvalue weighted by atomic mass is 9.94. The maximum atomic E-state index is 14.1. The van der Waals surface area contributed by atoms with Gasteiger partial charge in [-0.1, -0.05) is 23.8 Å². The van der Waals surface area contributed by atoms with E-state index in [1.165, 1.54) is 12.1 Å². The van der Waals surface area contributed by atoms with E-state index in [0.29, 0.717) is 0 Å². The quantitative estimate of drug-likeness (QED) is 0.493. The largest absolute Gasteiger partial charge is 0.271 e. The summed E-state index contributed by atoms with van der Waals surface area (Å²) >= 11 is 3.08. The summed E-state index contributed by atoms with van der Waals surface area (Å²) in [6, 6.07) is 8.20. The van der Waals surface area contributed by atoms with Crippen molar-refractivity contribution in [3.05, 3.63) is 68.7 Å². The van der Waals surface area contributed by atoms with Crippen LogP contribution in [0.1, 0.15) is 28.3 Å². The second-order valence-corrected chi connectivity index (χ2v) is 5.96. The molecule has 0 fully saturated rings. The molecule has 0 amide bonds. The highest BCUT2D eigenvalue weighted by Gasteiger charge is 2.19. The maximum absolute atomic E-state index is 14.1. The molecule has 2 nitrogen and oxygen atoms in total. The van der Waals surface area contributed by atoms with Gasteiger partial charge in [0.1, 0.15) is 11.6 Å². The Morgan fingerprint density at radius 1 is 1.19 bits per heavy atom. The Hall–Kier alpha value is -1.30. The topological polar surface area (TPSA) is 38.0 Å². The van der Waals surface area contributed by atoms with E-state index in [0.717, 1.165) is 16.7 Å². The minimum atomic E-state index is -0.583. The fraction of sp³-hybridized carbons (Fsp3) is 0.250. The van der Waals surface area contributed by atoms with Gasteiger partial charge in [0, 0.05) is 5.56 Å². The van der Waals surface area contributed by atoms with Gasteiger partial charge < -0.3 is 0 Å². The molecule has 0 aliphatic carbocycles. The van der Waals surface area contributed by atoms with Crippen LogP contribution in [0.15, 0.2) is 34.8 Å². The molecular formula is C16H17BrF2N2. The van der Waals surface area contributed by atoms with Crippen molar-refractivity contribution >= 4 is 15.9 Å². The van der Waals surface area contributed by atoms with Crippen LogP contribution in [-0.2, 0) is 6.42 Å². The van der Waals surface area contributed by atoms with Gasteiger partial charge in [0.15, 0.2) is 0 Å². The van der Waals surface area contributed by atoms with Crippen LogP contribution < -0.4 is 11.3 Å². The molecule has 0 bridgehead atoms. The SMILES string of the molecule is Cc1ccc(C)c(C(Cc2c(F)ccc(Br)c2F)NN)c1. The average molecular weight is 355 g/mol. The third-order valence-corrected chi connectivity index (χ3v) is 4.17. The van der Waals surface area contributed by atoms with Crippen LogP contribution in [0.3, 0.4) is 0 Å². The van der Waals surface area contributed by atoms with Gasteiger partial charge in [0.2, 0.25) is 0 Å². The van der Waals surface area contributed by atoms with Crippen molar-refractivity contribution in [1.82, 2.24) is 5.43 Å². The fourth-order valence-corrected chi connectivity index (χ4v) is 2.73. The van der Waals surface area contributed by atoms with Crippen molar-refractivity contribution in [3.63, 3.8) is 0 Å². The first-order valence-electron chi connectivity index (χ1n) is 6.59. The number of hydrogen-bond acceptors (Lipinski definition) is 2. The van der Waals surface area contributed by atoms with Gasteiger partial charge in [-0.2, -0.15) is 0 Å². The second kappa shape index (κ2) is 6.64. The van der Waals surface area contributed by atoms with Crippen LogP contribution in [-0.4, -0.2) is 0 Å². The van der Waals surface area contributed by atoms with Crippen LogP contribution in [0.25, 0.3) is 0 Å². The Bertz CT molecular complexity index is 659. The smallest absolute Gasteiger partial charge is 0.143 e. The minimum absolute atomic E-state index is 0.0215. The highest BCUT2D eigenvalue weighted by atomic mass is 79.9. The van der Waals surface area contributed by atoms with Gasteiger partial charge in [-0.05, 0) is 59.5 Å². The van der Waals surface area contributed by atoms with Crippen molar-refractivity contribution in [2.45, 2.75) is 26.3 Å². The van der Waals surface area contributed by atoms with Gasteiger partial charge in [-0.3, -0.25) is 11.3 Å². The molecule has 0 radical (unpaired) electrons. The molecule has 21 heavy (non-hydrogen) atoms. The number of hydrogen-bond donors (Lipinski definition) is 2. The fourth-order valence-electron chi connectivity index (χ4n) is 2.35. The highest BCUT2D eigenvalue weighted by molar-refractivity contribution is 9.10. The summed E-state index contributed by atoms with van der Waals surface area (Å²) in [6.07, 6.45) is 0.137. The molecule has 0 heterocycles. The van der Waals surface area contributed by atoms with Gasteiger partial charge in [-0.15, -0.1) is 0 Å². The number of benzene rings is 2. The summed E-state index contributed by atoms with van der Waals surface area (Å²) < 4.78 is 28.2. The lowest BCUT2D eigenvalue weighted by Crippen LogP contribution is -2.30. The van der Waals surface area contributed by atoms with Crippen molar-refractivity contribution in [1.29, 1.82) is 0 Å². The molecule has 0 spiro atoms. The third-order valence-electron chi connectivity index (χ3n) is 3.56. The van der Waals surface area contributed by atoms with E-state index < -0.39 is 11.6 Å². The zero-order valence-electron chi connectivity index (χ0n) is 11.9. The number of nitrogens with one attached hydrogen (secondary N) is 1. The molecule has 0 aliphatic rings. The zero-order valence-corrected chi connectivity index (χ0v) is 13.5. The summed E-state index contributed by atoms with van der Waals surface area (Å²) in [5, 5.41) is 0. The first-order valence-corrected chi connectivity index (χ1v) is 7.39. The summed E-state index contributed by atoms with van der Waals surface area (Å²) in [5.74, 6) is 4.45. The standard InChI is InChI=1S/C16H17BrF2N2/c1-9-3-4-10(2)11(7-9)15(21-20)8-12-14(18)6-5-13(17)16(12)19/h3-7,15,21H,8,20H2,1-2H3. The number of nitrogens with two attached hydrogens (primary N) is 1. The molecule has 2 rings (SSSR count). The third kappa shape index (κ3) is 3.48. The molecular weight excluding hydrogens is 338 g/mol. The Morgan fingerprint density at radius 3 is 2.57 bits per heavy atom. The van der Waals surface area contributed by atoms with Crippen LogP contribution in [0.5, 0.6) is 0 Å². The van der Waals surface area contributed by atoms with E-state index in [-0.39, 0.29) is 22.5 Å². The molecule has 0 saturated carbocycles. The monoisotopic (exact) mass is 354 g/mol. The summed E-state index contributed by atoms with van der Waals surface area (Å²) in [4.78, 5) is 0.